The minimum Gasteiger partial charge on any atom is -0.383 e. The van der Waals surface area contributed by atoms with E-state index in [0.29, 0.717) is 12.6 Å². The van der Waals surface area contributed by atoms with Crippen LogP contribution in [-0.4, -0.2) is 69.2 Å². The van der Waals surface area contributed by atoms with Crippen LogP contribution in [0.4, 0.5) is 0 Å². The van der Waals surface area contributed by atoms with E-state index in [2.05, 4.69) is 67.2 Å². The van der Waals surface area contributed by atoms with Gasteiger partial charge in [-0.3, -0.25) is 9.89 Å². The van der Waals surface area contributed by atoms with Crippen molar-refractivity contribution in [1.82, 2.24) is 15.1 Å². The van der Waals surface area contributed by atoms with Crippen molar-refractivity contribution in [3.63, 3.8) is 0 Å². The highest BCUT2D eigenvalue weighted by Crippen LogP contribution is 2.23. The molecule has 1 saturated heterocycles. The van der Waals surface area contributed by atoms with Gasteiger partial charge in [-0.05, 0) is 24.6 Å². The minimum absolute atomic E-state index is 0.439. The number of hydrogen-bond donors (Lipinski definition) is 1. The number of aliphatic imine (C=N–C) groups is 1. The summed E-state index contributed by atoms with van der Waals surface area (Å²) in [5, 5.41) is 3.35. The molecule has 0 bridgehead atoms. The molecule has 23 heavy (non-hydrogen) atoms. The average Bonchev–Trinajstić information content (AvgIpc) is 2.59. The summed E-state index contributed by atoms with van der Waals surface area (Å²) in [5.74, 6) is 0.970. The molecule has 1 fully saturated rings. The van der Waals surface area contributed by atoms with Crippen LogP contribution < -0.4 is 5.32 Å². The highest BCUT2D eigenvalue weighted by atomic mass is 79.9. The van der Waals surface area contributed by atoms with Gasteiger partial charge in [-0.25, -0.2) is 0 Å². The molecule has 0 amide bonds. The smallest absolute Gasteiger partial charge is 0.193 e. The number of ether oxygens (including phenoxy) is 1. The summed E-state index contributed by atoms with van der Waals surface area (Å²) in [6, 6.07) is 9.07. The van der Waals surface area contributed by atoms with Crippen molar-refractivity contribution < 1.29 is 4.74 Å². The number of nitrogens with one attached hydrogen (secondary N) is 1. The molecule has 2 rings (SSSR count). The Labute approximate surface area is 147 Å². The summed E-state index contributed by atoms with van der Waals surface area (Å²) in [7, 11) is 3.55. The molecule has 128 valence electrons. The molecule has 0 aliphatic carbocycles. The van der Waals surface area contributed by atoms with Crippen molar-refractivity contribution in [2.75, 3.05) is 53.5 Å². The number of methoxy groups -OCH3 is 1. The van der Waals surface area contributed by atoms with E-state index >= 15 is 0 Å². The third-order valence-corrected chi connectivity index (χ3v) is 4.84. The Morgan fingerprint density at radius 3 is 2.48 bits per heavy atom. The van der Waals surface area contributed by atoms with Gasteiger partial charge < -0.3 is 15.0 Å². The molecule has 5 nitrogen and oxygen atoms in total. The molecule has 1 aliphatic heterocycles. The first kappa shape index (κ1) is 18.2. The molecule has 1 aromatic rings. The zero-order chi connectivity index (χ0) is 16.7. The number of guanidine groups is 1. The highest BCUT2D eigenvalue weighted by Gasteiger charge is 2.23. The summed E-state index contributed by atoms with van der Waals surface area (Å²) >= 11 is 3.50. The SMILES string of the molecule is CN=C(NCCOC)N1CCN(C(C)c2ccc(Br)cc2)CC1. The van der Waals surface area contributed by atoms with Gasteiger partial charge in [-0.1, -0.05) is 28.1 Å². The van der Waals surface area contributed by atoms with Gasteiger partial charge >= 0.3 is 0 Å². The van der Waals surface area contributed by atoms with Crippen LogP contribution in [0.5, 0.6) is 0 Å². The average molecular weight is 383 g/mol. The van der Waals surface area contributed by atoms with E-state index in [9.17, 15) is 0 Å². The van der Waals surface area contributed by atoms with Crippen LogP contribution in [0.2, 0.25) is 0 Å². The van der Waals surface area contributed by atoms with Crippen molar-refractivity contribution in [3.8, 4) is 0 Å². The fourth-order valence-corrected chi connectivity index (χ4v) is 3.13. The number of rotatable bonds is 5. The largest absolute Gasteiger partial charge is 0.383 e. The van der Waals surface area contributed by atoms with Gasteiger partial charge in [0.1, 0.15) is 0 Å². The maximum absolute atomic E-state index is 5.08. The van der Waals surface area contributed by atoms with Crippen molar-refractivity contribution in [1.29, 1.82) is 0 Å². The summed E-state index contributed by atoms with van der Waals surface area (Å²) in [4.78, 5) is 9.22. The molecule has 1 aromatic carbocycles. The lowest BCUT2D eigenvalue weighted by atomic mass is 10.1. The van der Waals surface area contributed by atoms with E-state index in [4.69, 9.17) is 4.74 Å². The molecule has 1 heterocycles. The second-order valence-electron chi connectivity index (χ2n) is 5.72. The Morgan fingerprint density at radius 1 is 1.26 bits per heavy atom. The molecule has 1 unspecified atom stereocenters. The minimum atomic E-state index is 0.439. The van der Waals surface area contributed by atoms with E-state index in [1.54, 1.807) is 7.11 Å². The fourth-order valence-electron chi connectivity index (χ4n) is 2.87. The van der Waals surface area contributed by atoms with Crippen molar-refractivity contribution in [2.45, 2.75) is 13.0 Å². The van der Waals surface area contributed by atoms with E-state index in [1.165, 1.54) is 5.56 Å². The first-order chi connectivity index (χ1) is 11.2. The van der Waals surface area contributed by atoms with Crippen molar-refractivity contribution in [3.05, 3.63) is 34.3 Å². The van der Waals surface area contributed by atoms with Crippen LogP contribution in [0, 0.1) is 0 Å². The van der Waals surface area contributed by atoms with Gasteiger partial charge in [0.25, 0.3) is 0 Å². The Bertz CT molecular complexity index is 498. The van der Waals surface area contributed by atoms with Crippen LogP contribution in [0.25, 0.3) is 0 Å². The Kier molecular flexibility index (Phi) is 7.33. The maximum Gasteiger partial charge on any atom is 0.193 e. The van der Waals surface area contributed by atoms with E-state index in [0.717, 1.165) is 43.2 Å². The summed E-state index contributed by atoms with van der Waals surface area (Å²) in [6.07, 6.45) is 0. The van der Waals surface area contributed by atoms with Crippen LogP contribution in [0.3, 0.4) is 0 Å². The third-order valence-electron chi connectivity index (χ3n) is 4.32. The molecule has 6 heteroatoms. The van der Waals surface area contributed by atoms with Gasteiger partial charge in [0.15, 0.2) is 5.96 Å². The molecule has 0 radical (unpaired) electrons. The molecular weight excluding hydrogens is 356 g/mol. The Morgan fingerprint density at radius 2 is 1.91 bits per heavy atom. The van der Waals surface area contributed by atoms with Gasteiger partial charge in [-0.15, -0.1) is 0 Å². The van der Waals surface area contributed by atoms with Gasteiger partial charge in [0.2, 0.25) is 0 Å². The van der Waals surface area contributed by atoms with Crippen molar-refractivity contribution in [2.24, 2.45) is 4.99 Å². The zero-order valence-electron chi connectivity index (χ0n) is 14.3. The summed E-state index contributed by atoms with van der Waals surface area (Å²) < 4.78 is 6.21. The summed E-state index contributed by atoms with van der Waals surface area (Å²) in [6.45, 7) is 7.84. The first-order valence-corrected chi connectivity index (χ1v) is 8.89. The predicted octanol–water partition coefficient (Wildman–Crippen LogP) is 2.35. The lowest BCUT2D eigenvalue weighted by Gasteiger charge is -2.39. The topological polar surface area (TPSA) is 40.1 Å². The molecular formula is C17H27BrN4O. The van der Waals surface area contributed by atoms with Crippen LogP contribution in [-0.2, 0) is 4.74 Å². The second kappa shape index (κ2) is 9.25. The van der Waals surface area contributed by atoms with E-state index in [-0.39, 0.29) is 0 Å². The van der Waals surface area contributed by atoms with Crippen LogP contribution in [0.15, 0.2) is 33.7 Å². The number of hydrogen-bond acceptors (Lipinski definition) is 3. The lowest BCUT2D eigenvalue weighted by Crippen LogP contribution is -2.53. The highest BCUT2D eigenvalue weighted by molar-refractivity contribution is 9.10. The first-order valence-electron chi connectivity index (χ1n) is 8.09. The summed E-state index contributed by atoms with van der Waals surface area (Å²) in [5.41, 5.74) is 1.37. The molecule has 1 aliphatic rings. The van der Waals surface area contributed by atoms with Gasteiger partial charge in [0, 0.05) is 57.4 Å². The van der Waals surface area contributed by atoms with Crippen molar-refractivity contribution >= 4 is 21.9 Å². The second-order valence-corrected chi connectivity index (χ2v) is 6.63. The standard InChI is InChI=1S/C17H27BrN4O/c1-14(15-4-6-16(18)7-5-15)21-9-11-22(12-10-21)17(19-2)20-8-13-23-3/h4-7,14H,8-13H2,1-3H3,(H,19,20). The molecule has 0 spiro atoms. The van der Waals surface area contributed by atoms with E-state index in [1.807, 2.05) is 7.05 Å². The molecule has 0 saturated carbocycles. The number of benzene rings is 1. The molecule has 1 N–H and O–H groups in total. The van der Waals surface area contributed by atoms with Gasteiger partial charge in [-0.2, -0.15) is 0 Å². The zero-order valence-corrected chi connectivity index (χ0v) is 15.8. The number of halogens is 1. The van der Waals surface area contributed by atoms with Crippen LogP contribution in [0.1, 0.15) is 18.5 Å². The maximum atomic E-state index is 5.08. The molecule has 1 atom stereocenters. The van der Waals surface area contributed by atoms with E-state index < -0.39 is 0 Å². The number of nitrogens with zero attached hydrogens (tertiary/aromatic N) is 3. The monoisotopic (exact) mass is 382 g/mol. The lowest BCUT2D eigenvalue weighted by molar-refractivity contribution is 0.137. The number of piperazine rings is 1. The predicted molar refractivity (Wildman–Crippen MR) is 98.9 cm³/mol. The van der Waals surface area contributed by atoms with Crippen LogP contribution >= 0.6 is 15.9 Å². The van der Waals surface area contributed by atoms with Gasteiger partial charge in [0.05, 0.1) is 6.61 Å². The normalized spacial score (nSPS) is 18.1. The third kappa shape index (κ3) is 5.19. The quantitative estimate of drug-likeness (QED) is 0.482. The molecule has 0 aromatic heterocycles. The fraction of sp³-hybridized carbons (Fsp3) is 0.588. The Balaban J connectivity index is 1.86. The Hall–Kier alpha value is -1.11.